The highest BCUT2D eigenvalue weighted by atomic mass is 35.5. The molecule has 5 nitrogen and oxygen atoms in total. The van der Waals surface area contributed by atoms with Crippen molar-refractivity contribution in [3.05, 3.63) is 70.4 Å². The summed E-state index contributed by atoms with van der Waals surface area (Å²) in [6, 6.07) is 9.72. The molecule has 0 saturated heterocycles. The van der Waals surface area contributed by atoms with Gasteiger partial charge in [-0.05, 0) is 42.5 Å². The van der Waals surface area contributed by atoms with E-state index < -0.39 is 0 Å². The number of amides is 1. The van der Waals surface area contributed by atoms with Gasteiger partial charge in [-0.3, -0.25) is 4.79 Å². The van der Waals surface area contributed by atoms with Crippen LogP contribution in [0.5, 0.6) is 0 Å². The molecular weight excluding hydrogens is 387 g/mol. The first-order valence-corrected chi connectivity index (χ1v) is 9.72. The zero-order chi connectivity index (χ0) is 19.4. The molecule has 2 aromatic heterocycles. The van der Waals surface area contributed by atoms with Gasteiger partial charge in [-0.2, -0.15) is 5.10 Å². The molecule has 0 unspecified atom stereocenters. The zero-order valence-corrected chi connectivity index (χ0v) is 16.4. The van der Waals surface area contributed by atoms with Crippen molar-refractivity contribution in [3.63, 3.8) is 0 Å². The van der Waals surface area contributed by atoms with Crippen molar-refractivity contribution in [2.45, 2.75) is 25.4 Å². The number of hydrogen-bond acceptors (Lipinski definition) is 4. The standard InChI is InChI=1S/C19H18ClFN4OS/c1-3-27-16-9-8-15(10-22-16)23-19(26)17-12(2)24-25(18(17)20)11-13-4-6-14(21)7-5-13/h4-10H,3,11H2,1-2H3,(H,23,26). The Kier molecular flexibility index (Phi) is 6.13. The molecule has 3 aromatic rings. The summed E-state index contributed by atoms with van der Waals surface area (Å²) in [5.74, 6) is 0.278. The molecule has 1 aromatic carbocycles. The Balaban J connectivity index is 1.76. The molecule has 0 saturated carbocycles. The van der Waals surface area contributed by atoms with E-state index in [-0.39, 0.29) is 16.9 Å². The minimum absolute atomic E-state index is 0.237. The number of pyridine rings is 1. The number of thioether (sulfide) groups is 1. The lowest BCUT2D eigenvalue weighted by Crippen LogP contribution is -2.13. The first kappa shape index (κ1) is 19.4. The highest BCUT2D eigenvalue weighted by Gasteiger charge is 2.20. The molecule has 1 amide bonds. The number of benzene rings is 1. The van der Waals surface area contributed by atoms with Gasteiger partial charge in [0.05, 0.1) is 34.7 Å². The Labute approximate surface area is 166 Å². The molecule has 0 radical (unpaired) electrons. The molecular formula is C19H18ClFN4OS. The van der Waals surface area contributed by atoms with Crippen molar-refractivity contribution >= 4 is 35.0 Å². The maximum atomic E-state index is 13.0. The predicted octanol–water partition coefficient (Wildman–Crippen LogP) is 4.79. The minimum atomic E-state index is -0.347. The van der Waals surface area contributed by atoms with Crippen molar-refractivity contribution in [2.75, 3.05) is 11.1 Å². The average Bonchev–Trinajstić information content (AvgIpc) is 2.92. The van der Waals surface area contributed by atoms with Crippen LogP contribution < -0.4 is 5.32 Å². The van der Waals surface area contributed by atoms with Gasteiger partial charge in [0.1, 0.15) is 11.0 Å². The first-order chi connectivity index (χ1) is 13.0. The van der Waals surface area contributed by atoms with E-state index in [2.05, 4.69) is 22.3 Å². The minimum Gasteiger partial charge on any atom is -0.320 e. The molecule has 3 rings (SSSR count). The smallest absolute Gasteiger partial charge is 0.260 e. The lowest BCUT2D eigenvalue weighted by molar-refractivity contribution is 0.102. The van der Waals surface area contributed by atoms with Crippen LogP contribution in [0.1, 0.15) is 28.5 Å². The number of rotatable bonds is 6. The number of halogens is 2. The largest absolute Gasteiger partial charge is 0.320 e. The molecule has 0 aliphatic carbocycles. The van der Waals surface area contributed by atoms with Crippen LogP contribution in [0.25, 0.3) is 0 Å². The van der Waals surface area contributed by atoms with E-state index in [0.29, 0.717) is 23.5 Å². The highest BCUT2D eigenvalue weighted by molar-refractivity contribution is 7.99. The van der Waals surface area contributed by atoms with Gasteiger partial charge in [-0.1, -0.05) is 30.7 Å². The van der Waals surface area contributed by atoms with E-state index in [1.807, 2.05) is 6.07 Å². The van der Waals surface area contributed by atoms with Crippen LogP contribution in [-0.4, -0.2) is 26.4 Å². The van der Waals surface area contributed by atoms with Gasteiger partial charge < -0.3 is 5.32 Å². The Morgan fingerprint density at radius 2 is 2.00 bits per heavy atom. The van der Waals surface area contributed by atoms with Gasteiger partial charge in [-0.25, -0.2) is 14.1 Å². The van der Waals surface area contributed by atoms with E-state index in [4.69, 9.17) is 11.6 Å². The molecule has 0 fully saturated rings. The molecule has 0 spiro atoms. The Morgan fingerprint density at radius 1 is 1.26 bits per heavy atom. The summed E-state index contributed by atoms with van der Waals surface area (Å²) in [6.07, 6.45) is 1.61. The number of carbonyl (C=O) groups excluding carboxylic acids is 1. The fourth-order valence-electron chi connectivity index (χ4n) is 2.56. The third kappa shape index (κ3) is 4.67. The Hall–Kier alpha value is -2.38. The summed E-state index contributed by atoms with van der Waals surface area (Å²) in [6.45, 7) is 4.12. The molecule has 1 N–H and O–H groups in total. The van der Waals surface area contributed by atoms with Crippen LogP contribution in [0.2, 0.25) is 5.15 Å². The van der Waals surface area contributed by atoms with Crippen LogP contribution in [0, 0.1) is 12.7 Å². The summed E-state index contributed by atoms with van der Waals surface area (Å²) < 4.78 is 14.6. The fraction of sp³-hybridized carbons (Fsp3) is 0.211. The van der Waals surface area contributed by atoms with Crippen LogP contribution in [0.4, 0.5) is 10.1 Å². The number of aromatic nitrogens is 3. The number of carbonyl (C=O) groups is 1. The molecule has 0 atom stereocenters. The molecule has 0 bridgehead atoms. The van der Waals surface area contributed by atoms with Gasteiger partial charge >= 0.3 is 0 Å². The third-order valence-electron chi connectivity index (χ3n) is 3.82. The van der Waals surface area contributed by atoms with Gasteiger partial charge in [0.2, 0.25) is 0 Å². The van der Waals surface area contributed by atoms with Gasteiger partial charge in [0, 0.05) is 0 Å². The van der Waals surface area contributed by atoms with Crippen LogP contribution >= 0.6 is 23.4 Å². The van der Waals surface area contributed by atoms with Gasteiger partial charge in [0.25, 0.3) is 5.91 Å². The molecule has 140 valence electrons. The summed E-state index contributed by atoms with van der Waals surface area (Å²) in [5, 5.41) is 8.27. The molecule has 27 heavy (non-hydrogen) atoms. The van der Waals surface area contributed by atoms with E-state index in [1.165, 1.54) is 16.8 Å². The Bertz CT molecular complexity index is 942. The topological polar surface area (TPSA) is 59.8 Å². The van der Waals surface area contributed by atoms with Crippen LogP contribution in [-0.2, 0) is 6.54 Å². The third-order valence-corrected chi connectivity index (χ3v) is 5.03. The van der Waals surface area contributed by atoms with Crippen molar-refractivity contribution < 1.29 is 9.18 Å². The van der Waals surface area contributed by atoms with Crippen molar-refractivity contribution in [2.24, 2.45) is 0 Å². The predicted molar refractivity (Wildman–Crippen MR) is 106 cm³/mol. The average molecular weight is 405 g/mol. The molecule has 2 heterocycles. The summed E-state index contributed by atoms with van der Waals surface area (Å²) in [7, 11) is 0. The summed E-state index contributed by atoms with van der Waals surface area (Å²) in [4.78, 5) is 16.9. The first-order valence-electron chi connectivity index (χ1n) is 8.35. The van der Waals surface area contributed by atoms with Crippen LogP contribution in [0.15, 0.2) is 47.6 Å². The van der Waals surface area contributed by atoms with Crippen molar-refractivity contribution in [1.82, 2.24) is 14.8 Å². The lowest BCUT2D eigenvalue weighted by Gasteiger charge is -2.06. The van der Waals surface area contributed by atoms with E-state index in [9.17, 15) is 9.18 Å². The van der Waals surface area contributed by atoms with Crippen molar-refractivity contribution in [3.8, 4) is 0 Å². The monoisotopic (exact) mass is 404 g/mol. The second-order valence-electron chi connectivity index (χ2n) is 5.81. The molecule has 0 aliphatic rings. The fourth-order valence-corrected chi connectivity index (χ4v) is 3.47. The molecule has 8 heteroatoms. The second-order valence-corrected chi connectivity index (χ2v) is 7.45. The second kappa shape index (κ2) is 8.54. The number of aryl methyl sites for hydroxylation is 1. The lowest BCUT2D eigenvalue weighted by atomic mass is 10.2. The van der Waals surface area contributed by atoms with E-state index in [0.717, 1.165) is 16.3 Å². The SMILES string of the molecule is CCSc1ccc(NC(=O)c2c(C)nn(Cc3ccc(F)cc3)c2Cl)cn1. The summed E-state index contributed by atoms with van der Waals surface area (Å²) >= 11 is 8.01. The van der Waals surface area contributed by atoms with Crippen LogP contribution in [0.3, 0.4) is 0 Å². The van der Waals surface area contributed by atoms with E-state index in [1.54, 1.807) is 43.1 Å². The van der Waals surface area contributed by atoms with Gasteiger partial charge in [-0.15, -0.1) is 11.8 Å². The number of anilines is 1. The number of hydrogen-bond donors (Lipinski definition) is 1. The molecule has 0 aliphatic heterocycles. The highest BCUT2D eigenvalue weighted by Crippen LogP contribution is 2.23. The summed E-state index contributed by atoms with van der Waals surface area (Å²) in [5.41, 5.74) is 2.25. The maximum Gasteiger partial charge on any atom is 0.260 e. The maximum absolute atomic E-state index is 13.0. The normalized spacial score (nSPS) is 10.8. The number of nitrogens with zero attached hydrogens (tertiary/aromatic N) is 3. The van der Waals surface area contributed by atoms with E-state index >= 15 is 0 Å². The van der Waals surface area contributed by atoms with Gasteiger partial charge in [0.15, 0.2) is 0 Å². The quantitative estimate of drug-likeness (QED) is 0.600. The Morgan fingerprint density at radius 3 is 2.63 bits per heavy atom. The zero-order valence-electron chi connectivity index (χ0n) is 14.9. The van der Waals surface area contributed by atoms with Crippen molar-refractivity contribution in [1.29, 1.82) is 0 Å². The number of nitrogens with one attached hydrogen (secondary N) is 1.